The minimum Gasteiger partial charge on any atom is -0.375 e. The first kappa shape index (κ1) is 23.6. The Morgan fingerprint density at radius 1 is 1.46 bits per heavy atom. The Balaban J connectivity index is 0.00000529. The highest BCUT2D eigenvalue weighted by Gasteiger charge is 2.13. The highest BCUT2D eigenvalue weighted by Crippen LogP contribution is 2.21. The zero-order chi connectivity index (χ0) is 17.5. The fourth-order valence-electron chi connectivity index (χ4n) is 2.20. The molecule has 7 heteroatoms. The van der Waals surface area contributed by atoms with Crippen LogP contribution < -0.4 is 5.32 Å². The maximum atomic E-state index is 5.31. The first-order chi connectivity index (χ1) is 10.8. The Labute approximate surface area is 168 Å². The Hall–Kier alpha value is -0.410. The van der Waals surface area contributed by atoms with Gasteiger partial charge in [0, 0.05) is 33.1 Å². The minimum atomic E-state index is 0. The van der Waals surface area contributed by atoms with E-state index in [0.29, 0.717) is 5.41 Å². The van der Waals surface area contributed by atoms with Gasteiger partial charge in [0.1, 0.15) is 11.1 Å². The number of hydrogen-bond donors (Lipinski definition) is 1. The first-order valence-corrected chi connectivity index (χ1v) is 9.03. The number of halogens is 1. The van der Waals surface area contributed by atoms with Crippen molar-refractivity contribution in [1.82, 2.24) is 15.2 Å². The van der Waals surface area contributed by atoms with E-state index in [1.807, 2.05) is 21.0 Å². The van der Waals surface area contributed by atoms with Gasteiger partial charge in [-0.1, -0.05) is 20.8 Å². The molecule has 0 amide bonds. The normalized spacial score (nSPS) is 13.4. The molecule has 0 fully saturated rings. The predicted molar refractivity (Wildman–Crippen MR) is 114 cm³/mol. The van der Waals surface area contributed by atoms with Gasteiger partial charge in [-0.15, -0.1) is 35.3 Å². The molecule has 0 radical (unpaired) electrons. The number of nitrogens with one attached hydrogen (secondary N) is 1. The maximum absolute atomic E-state index is 5.31. The van der Waals surface area contributed by atoms with E-state index in [-0.39, 0.29) is 30.1 Å². The van der Waals surface area contributed by atoms with Crippen molar-refractivity contribution in [1.29, 1.82) is 0 Å². The van der Waals surface area contributed by atoms with Crippen molar-refractivity contribution in [3.63, 3.8) is 0 Å². The molecule has 24 heavy (non-hydrogen) atoms. The van der Waals surface area contributed by atoms with Crippen molar-refractivity contribution in [2.24, 2.45) is 10.4 Å². The summed E-state index contributed by atoms with van der Waals surface area (Å²) < 4.78 is 5.31. The fraction of sp³-hybridized carbons (Fsp3) is 0.765. The van der Waals surface area contributed by atoms with Crippen LogP contribution >= 0.6 is 35.3 Å². The van der Waals surface area contributed by atoms with E-state index in [1.54, 1.807) is 18.4 Å². The Morgan fingerprint density at radius 2 is 2.12 bits per heavy atom. The topological polar surface area (TPSA) is 49.8 Å². The molecule has 1 N–H and O–H groups in total. The second-order valence-corrected chi connectivity index (χ2v) is 7.94. The van der Waals surface area contributed by atoms with Crippen LogP contribution in [-0.4, -0.2) is 43.6 Å². The Bertz CT molecular complexity index is 499. The molecule has 1 atom stereocenters. The van der Waals surface area contributed by atoms with Crippen LogP contribution in [0.15, 0.2) is 10.4 Å². The van der Waals surface area contributed by atoms with Crippen molar-refractivity contribution < 1.29 is 4.74 Å². The predicted octanol–water partition coefficient (Wildman–Crippen LogP) is 4.30. The summed E-state index contributed by atoms with van der Waals surface area (Å²) in [7, 11) is 5.57. The molecule has 1 rings (SSSR count). The van der Waals surface area contributed by atoms with Gasteiger partial charge in [0.05, 0.1) is 12.2 Å². The third kappa shape index (κ3) is 8.62. The fourth-order valence-corrected chi connectivity index (χ4v) is 3.05. The minimum absolute atomic E-state index is 0. The van der Waals surface area contributed by atoms with Gasteiger partial charge in [0.2, 0.25) is 0 Å². The Kier molecular flexibility index (Phi) is 11.1. The van der Waals surface area contributed by atoms with Crippen molar-refractivity contribution in [3.05, 3.63) is 16.1 Å². The highest BCUT2D eigenvalue weighted by molar-refractivity contribution is 14.0. The maximum Gasteiger partial charge on any atom is 0.193 e. The average molecular weight is 468 g/mol. The zero-order valence-corrected chi connectivity index (χ0v) is 19.2. The van der Waals surface area contributed by atoms with E-state index >= 15 is 0 Å². The molecule has 0 aliphatic rings. The van der Waals surface area contributed by atoms with Crippen molar-refractivity contribution in [2.75, 3.05) is 27.7 Å². The van der Waals surface area contributed by atoms with Crippen LogP contribution in [0.3, 0.4) is 0 Å². The molecule has 140 valence electrons. The summed E-state index contributed by atoms with van der Waals surface area (Å²) in [6.45, 7) is 10.5. The molecular weight excluding hydrogens is 435 g/mol. The number of rotatable bonds is 7. The van der Waals surface area contributed by atoms with Gasteiger partial charge in [-0.3, -0.25) is 4.99 Å². The average Bonchev–Trinajstić information content (AvgIpc) is 2.93. The molecule has 0 aliphatic carbocycles. The third-order valence-corrected chi connectivity index (χ3v) is 4.68. The first-order valence-electron chi connectivity index (χ1n) is 8.15. The summed E-state index contributed by atoms with van der Waals surface area (Å²) in [5.41, 5.74) is 1.43. The second kappa shape index (κ2) is 11.3. The van der Waals surface area contributed by atoms with Gasteiger partial charge in [-0.25, -0.2) is 4.98 Å². The van der Waals surface area contributed by atoms with Crippen LogP contribution in [0, 0.1) is 5.41 Å². The summed E-state index contributed by atoms with van der Waals surface area (Å²) in [5, 5.41) is 6.54. The smallest absolute Gasteiger partial charge is 0.193 e. The van der Waals surface area contributed by atoms with Gasteiger partial charge in [-0.05, 0) is 25.2 Å². The highest BCUT2D eigenvalue weighted by atomic mass is 127. The molecule has 1 aromatic heterocycles. The number of guanidine groups is 1. The largest absolute Gasteiger partial charge is 0.375 e. The second-order valence-electron chi connectivity index (χ2n) is 7.05. The molecule has 0 saturated carbocycles. The van der Waals surface area contributed by atoms with E-state index in [4.69, 9.17) is 4.74 Å². The van der Waals surface area contributed by atoms with Crippen molar-refractivity contribution >= 4 is 41.3 Å². The van der Waals surface area contributed by atoms with Crippen LogP contribution in [0.2, 0.25) is 0 Å². The van der Waals surface area contributed by atoms with E-state index < -0.39 is 0 Å². The number of hydrogen-bond acceptors (Lipinski definition) is 4. The van der Waals surface area contributed by atoms with Gasteiger partial charge in [-0.2, -0.15) is 0 Å². The van der Waals surface area contributed by atoms with Crippen LogP contribution in [0.5, 0.6) is 0 Å². The number of aliphatic imine (C=N–C) groups is 1. The molecule has 0 saturated heterocycles. The van der Waals surface area contributed by atoms with Crippen LogP contribution in [0.1, 0.15) is 57.3 Å². The van der Waals surface area contributed by atoms with Crippen molar-refractivity contribution in [3.8, 4) is 0 Å². The third-order valence-electron chi connectivity index (χ3n) is 3.63. The lowest BCUT2D eigenvalue weighted by Gasteiger charge is -2.22. The number of aromatic nitrogens is 1. The molecule has 1 unspecified atom stereocenters. The monoisotopic (exact) mass is 468 g/mol. The standard InChI is InChI=1S/C17H32N4OS.HI/c1-13(22-7)15-20-14(12-23-15)11-21(6)16(18-5)19-10-8-9-17(2,3)4;/h12-13H,8-11H2,1-7H3,(H,18,19);1H. The van der Waals surface area contributed by atoms with Crippen molar-refractivity contribution in [2.45, 2.75) is 53.2 Å². The molecule has 0 spiro atoms. The molecule has 0 aliphatic heterocycles. The molecule has 5 nitrogen and oxygen atoms in total. The van der Waals surface area contributed by atoms with E-state index in [2.05, 4.69) is 46.3 Å². The quantitative estimate of drug-likeness (QED) is 0.281. The molecule has 1 heterocycles. The molecular formula is C17H33IN4OS. The number of nitrogens with zero attached hydrogens (tertiary/aromatic N) is 3. The summed E-state index contributed by atoms with van der Waals surface area (Å²) in [5.74, 6) is 0.910. The summed E-state index contributed by atoms with van der Waals surface area (Å²) in [6.07, 6.45) is 2.39. The van der Waals surface area contributed by atoms with Crippen LogP contribution in [0.4, 0.5) is 0 Å². The zero-order valence-electron chi connectivity index (χ0n) is 16.0. The van der Waals surface area contributed by atoms with E-state index in [0.717, 1.165) is 36.2 Å². The van der Waals surface area contributed by atoms with E-state index in [9.17, 15) is 0 Å². The summed E-state index contributed by atoms with van der Waals surface area (Å²) in [4.78, 5) is 11.1. The Morgan fingerprint density at radius 3 is 2.67 bits per heavy atom. The lowest BCUT2D eigenvalue weighted by molar-refractivity contribution is 0.119. The number of methoxy groups -OCH3 is 1. The number of thiazole rings is 1. The van der Waals surface area contributed by atoms with Gasteiger partial charge in [0.15, 0.2) is 5.96 Å². The lowest BCUT2D eigenvalue weighted by Crippen LogP contribution is -2.39. The SMILES string of the molecule is CN=C(NCCCC(C)(C)C)N(C)Cc1csc(C(C)OC)n1.I. The van der Waals surface area contributed by atoms with Gasteiger partial charge < -0.3 is 15.0 Å². The van der Waals surface area contributed by atoms with Crippen LogP contribution in [-0.2, 0) is 11.3 Å². The van der Waals surface area contributed by atoms with Gasteiger partial charge >= 0.3 is 0 Å². The number of ether oxygens (including phenoxy) is 1. The molecule has 0 aromatic carbocycles. The van der Waals surface area contributed by atoms with Gasteiger partial charge in [0.25, 0.3) is 0 Å². The summed E-state index contributed by atoms with van der Waals surface area (Å²) >= 11 is 1.64. The van der Waals surface area contributed by atoms with E-state index in [1.165, 1.54) is 6.42 Å². The summed E-state index contributed by atoms with van der Waals surface area (Å²) in [6, 6.07) is 0. The molecule has 0 bridgehead atoms. The molecule has 1 aromatic rings. The lowest BCUT2D eigenvalue weighted by atomic mass is 9.91. The van der Waals surface area contributed by atoms with Crippen LogP contribution in [0.25, 0.3) is 0 Å².